The van der Waals surface area contributed by atoms with Crippen molar-refractivity contribution in [1.29, 1.82) is 0 Å². The summed E-state index contributed by atoms with van der Waals surface area (Å²) in [5, 5.41) is 3.41. The zero-order chi connectivity index (χ0) is 29.1. The van der Waals surface area contributed by atoms with Gasteiger partial charge < -0.3 is 0 Å². The molecule has 1 N–H and O–H groups in total. The lowest BCUT2D eigenvalue weighted by molar-refractivity contribution is 0.218. The van der Waals surface area contributed by atoms with E-state index in [1.165, 1.54) is 24.2 Å². The zero-order valence-corrected chi connectivity index (χ0v) is 25.4. The SMILES string of the molecule is CC1(C)[C@H]2CC[C@]1(C)c1[nH]n(-c3ccccc3)c(=O)c12.Cn1c2c(c(=O)n1-c1ccccc1)[C@@H]1CC[C@@]2(C)C1(C)C. The first-order valence-corrected chi connectivity index (χ1v) is 15.1. The van der Waals surface area contributed by atoms with Crippen molar-refractivity contribution in [2.75, 3.05) is 0 Å². The minimum Gasteiger partial charge on any atom is -0.294 e. The Morgan fingerprint density at radius 2 is 1.20 bits per heavy atom. The van der Waals surface area contributed by atoms with Crippen LogP contribution in [-0.2, 0) is 17.9 Å². The number of hydrogen-bond acceptors (Lipinski definition) is 2. The summed E-state index contributed by atoms with van der Waals surface area (Å²) in [6.07, 6.45) is 4.64. The topological polar surface area (TPSA) is 64.7 Å². The number of H-pyrrole nitrogens is 1. The van der Waals surface area contributed by atoms with Crippen molar-refractivity contribution in [2.24, 2.45) is 17.9 Å². The van der Waals surface area contributed by atoms with Crippen LogP contribution in [-0.4, -0.2) is 19.1 Å². The minimum atomic E-state index is 0.103. The molecule has 0 spiro atoms. The third-order valence-electron chi connectivity index (χ3n) is 12.5. The average molecular weight is 551 g/mol. The van der Waals surface area contributed by atoms with Crippen molar-refractivity contribution in [3.8, 4) is 11.4 Å². The van der Waals surface area contributed by atoms with Crippen LogP contribution < -0.4 is 11.1 Å². The van der Waals surface area contributed by atoms with Crippen molar-refractivity contribution < 1.29 is 0 Å². The molecule has 2 aromatic heterocycles. The zero-order valence-electron chi connectivity index (χ0n) is 25.4. The van der Waals surface area contributed by atoms with E-state index in [2.05, 4.69) is 51.3 Å². The maximum atomic E-state index is 13.0. The molecule has 0 aliphatic heterocycles. The van der Waals surface area contributed by atoms with E-state index in [1.54, 1.807) is 4.68 Å². The van der Waals surface area contributed by atoms with E-state index >= 15 is 0 Å². The summed E-state index contributed by atoms with van der Waals surface area (Å²) in [6.45, 7) is 13.9. The molecular weight excluding hydrogens is 508 g/mol. The Morgan fingerprint density at radius 1 is 0.683 bits per heavy atom. The molecule has 4 aliphatic carbocycles. The molecule has 4 bridgehead atoms. The van der Waals surface area contributed by atoms with Crippen LogP contribution in [0.2, 0.25) is 0 Å². The van der Waals surface area contributed by atoms with Crippen molar-refractivity contribution in [3.63, 3.8) is 0 Å². The van der Waals surface area contributed by atoms with Crippen LogP contribution in [0.15, 0.2) is 70.3 Å². The summed E-state index contributed by atoms with van der Waals surface area (Å²) in [7, 11) is 2.04. The molecule has 2 saturated carbocycles. The minimum absolute atomic E-state index is 0.103. The lowest BCUT2D eigenvalue weighted by Gasteiger charge is -2.36. The van der Waals surface area contributed by atoms with Gasteiger partial charge in [0.15, 0.2) is 0 Å². The summed E-state index contributed by atoms with van der Waals surface area (Å²) in [6, 6.07) is 19.8. The molecule has 8 rings (SSSR count). The van der Waals surface area contributed by atoms with Gasteiger partial charge in [0.1, 0.15) is 0 Å². The highest BCUT2D eigenvalue weighted by Gasteiger charge is 2.63. The highest BCUT2D eigenvalue weighted by molar-refractivity contribution is 5.48. The molecule has 2 fully saturated rings. The molecule has 4 aromatic rings. The number of aromatic amines is 1. The first kappa shape index (κ1) is 26.4. The molecule has 4 atom stereocenters. The van der Waals surface area contributed by atoms with Gasteiger partial charge in [-0.05, 0) is 72.6 Å². The Bertz CT molecular complexity index is 1790. The molecule has 41 heavy (non-hydrogen) atoms. The van der Waals surface area contributed by atoms with E-state index in [0.29, 0.717) is 11.8 Å². The second-order valence-electron chi connectivity index (χ2n) is 14.4. The van der Waals surface area contributed by atoms with Crippen LogP contribution in [0.1, 0.15) is 102 Å². The molecule has 2 heterocycles. The molecule has 2 aromatic carbocycles. The van der Waals surface area contributed by atoms with Gasteiger partial charge in [0, 0.05) is 34.7 Å². The number of aromatic nitrogens is 4. The van der Waals surface area contributed by atoms with Gasteiger partial charge in [-0.25, -0.2) is 9.36 Å². The summed E-state index contributed by atoms with van der Waals surface area (Å²) < 4.78 is 5.67. The van der Waals surface area contributed by atoms with Crippen LogP contribution in [0, 0.1) is 10.8 Å². The van der Waals surface area contributed by atoms with E-state index in [-0.39, 0.29) is 32.8 Å². The van der Waals surface area contributed by atoms with Gasteiger partial charge >= 0.3 is 0 Å². The van der Waals surface area contributed by atoms with E-state index in [1.807, 2.05) is 72.4 Å². The van der Waals surface area contributed by atoms with Gasteiger partial charge in [-0.15, -0.1) is 0 Å². The molecule has 0 radical (unpaired) electrons. The first-order valence-electron chi connectivity index (χ1n) is 15.1. The monoisotopic (exact) mass is 550 g/mol. The fourth-order valence-electron chi connectivity index (χ4n) is 9.29. The quantitative estimate of drug-likeness (QED) is 0.302. The van der Waals surface area contributed by atoms with Gasteiger partial charge in [0.2, 0.25) is 0 Å². The number of nitrogens with one attached hydrogen (secondary N) is 1. The normalized spacial score (nSPS) is 29.2. The van der Waals surface area contributed by atoms with Gasteiger partial charge in [-0.2, -0.15) is 0 Å². The Morgan fingerprint density at radius 3 is 1.76 bits per heavy atom. The average Bonchev–Trinajstić information content (AvgIpc) is 3.66. The smallest absolute Gasteiger partial charge is 0.275 e. The number of rotatable bonds is 2. The second-order valence-corrected chi connectivity index (χ2v) is 14.4. The largest absolute Gasteiger partial charge is 0.294 e. The van der Waals surface area contributed by atoms with Gasteiger partial charge in [0.05, 0.1) is 17.1 Å². The van der Waals surface area contributed by atoms with Crippen LogP contribution in [0.4, 0.5) is 0 Å². The van der Waals surface area contributed by atoms with Crippen LogP contribution in [0.5, 0.6) is 0 Å². The van der Waals surface area contributed by atoms with E-state index in [9.17, 15) is 9.59 Å². The van der Waals surface area contributed by atoms with Crippen molar-refractivity contribution >= 4 is 0 Å². The second kappa shape index (κ2) is 8.27. The van der Waals surface area contributed by atoms with Crippen molar-refractivity contribution in [2.45, 2.75) is 89.9 Å². The highest BCUT2D eigenvalue weighted by atomic mass is 16.1. The predicted molar refractivity (Wildman–Crippen MR) is 164 cm³/mol. The molecular formula is C35H42N4O2. The number of para-hydroxylation sites is 2. The van der Waals surface area contributed by atoms with Gasteiger partial charge in [-0.1, -0.05) is 77.9 Å². The standard InChI is InChI=1S/C18H22N2O.C17H20N2O/c1-17(2)13-10-11-18(17,3)15-14(13)16(21)20(19(15)4)12-8-6-5-7-9-12;1-16(2)12-9-10-17(16,3)14-13(12)15(20)19(18-14)11-7-5-4-6-8-11/h5-9,13H,10-11H2,1-4H3;4-8,12,18H,9-10H2,1-3H3/t13-,18+;12-,17+/m00/s1. The van der Waals surface area contributed by atoms with Crippen LogP contribution in [0.3, 0.4) is 0 Å². The summed E-state index contributed by atoms with van der Waals surface area (Å²) >= 11 is 0. The number of hydrogen-bond donors (Lipinski definition) is 1. The highest BCUT2D eigenvalue weighted by Crippen LogP contribution is 2.67. The maximum absolute atomic E-state index is 13.0. The third kappa shape index (κ3) is 3.09. The number of benzene rings is 2. The lowest BCUT2D eigenvalue weighted by atomic mass is 9.70. The summed E-state index contributed by atoms with van der Waals surface area (Å²) in [4.78, 5) is 25.9. The van der Waals surface area contributed by atoms with Crippen molar-refractivity contribution in [1.82, 2.24) is 19.1 Å². The number of nitrogens with zero attached hydrogens (tertiary/aromatic N) is 3. The van der Waals surface area contributed by atoms with E-state index in [4.69, 9.17) is 0 Å². The van der Waals surface area contributed by atoms with Crippen LogP contribution >= 0.6 is 0 Å². The molecule has 6 nitrogen and oxygen atoms in total. The summed E-state index contributed by atoms with van der Waals surface area (Å²) in [5.41, 5.74) is 7.33. The van der Waals surface area contributed by atoms with Gasteiger partial charge in [0.25, 0.3) is 11.1 Å². The maximum Gasteiger partial charge on any atom is 0.275 e. The molecule has 4 aliphatic rings. The molecule has 0 unspecified atom stereocenters. The Balaban J connectivity index is 0.000000135. The Labute approximate surface area is 242 Å². The van der Waals surface area contributed by atoms with E-state index < -0.39 is 0 Å². The molecule has 0 saturated heterocycles. The molecule has 0 amide bonds. The van der Waals surface area contributed by atoms with Crippen molar-refractivity contribution in [3.05, 3.63) is 104 Å². The molecule has 214 valence electrons. The predicted octanol–water partition coefficient (Wildman–Crippen LogP) is 6.69. The fraction of sp³-hybridized carbons (Fsp3) is 0.486. The Hall–Kier alpha value is -3.54. The first-order chi connectivity index (χ1) is 19.4. The third-order valence-corrected chi connectivity index (χ3v) is 12.5. The van der Waals surface area contributed by atoms with Gasteiger partial charge in [-0.3, -0.25) is 19.4 Å². The van der Waals surface area contributed by atoms with Crippen LogP contribution in [0.25, 0.3) is 11.4 Å². The molecule has 6 heteroatoms. The van der Waals surface area contributed by atoms with E-state index in [0.717, 1.165) is 35.3 Å². The number of fused-ring (bicyclic) bond motifs is 10. The lowest BCUT2D eigenvalue weighted by Crippen LogP contribution is -2.35. The summed E-state index contributed by atoms with van der Waals surface area (Å²) in [5.74, 6) is 0.803. The fourth-order valence-corrected chi connectivity index (χ4v) is 9.29. The Kier molecular flexibility index (Phi) is 5.32.